The third kappa shape index (κ3) is 2.36. The van der Waals surface area contributed by atoms with Gasteiger partial charge in [-0.25, -0.2) is 0 Å². The molecule has 0 fully saturated rings. The third-order valence-electron chi connectivity index (χ3n) is 1.90. The van der Waals surface area contributed by atoms with E-state index >= 15 is 0 Å². The first-order valence-corrected chi connectivity index (χ1v) is 5.98. The van der Waals surface area contributed by atoms with Gasteiger partial charge in [0.05, 0.1) is 0 Å². The van der Waals surface area contributed by atoms with E-state index in [-0.39, 0.29) is 12.4 Å². The lowest BCUT2D eigenvalue weighted by Crippen LogP contribution is -2.01. The predicted octanol–water partition coefficient (Wildman–Crippen LogP) is 3.40. The third-order valence-corrected chi connectivity index (χ3v) is 3.79. The first-order chi connectivity index (χ1) is 6.42. The van der Waals surface area contributed by atoms with E-state index in [1.54, 1.807) is 22.7 Å². The van der Waals surface area contributed by atoms with Gasteiger partial charge in [0.1, 0.15) is 0 Å². The molecule has 2 heterocycles. The second-order valence-corrected chi connectivity index (χ2v) is 4.72. The summed E-state index contributed by atoms with van der Waals surface area (Å²) in [6.07, 6.45) is 0.991. The van der Waals surface area contributed by atoms with E-state index in [0.29, 0.717) is 0 Å². The standard InChI is InChI=1S/C10H11NS2.ClH/c11-5-3-10-8(4-7-13-10)9-2-1-6-12-9;/h1-2,4,6-7H,3,5,11H2;1H. The molecule has 0 spiro atoms. The Hall–Kier alpha value is -0.350. The van der Waals surface area contributed by atoms with Crippen molar-refractivity contribution in [3.05, 3.63) is 33.8 Å². The van der Waals surface area contributed by atoms with Crippen LogP contribution >= 0.6 is 35.1 Å². The molecule has 4 heteroatoms. The highest BCUT2D eigenvalue weighted by molar-refractivity contribution is 7.14. The molecule has 2 N–H and O–H groups in total. The Kier molecular flexibility index (Phi) is 4.62. The van der Waals surface area contributed by atoms with Gasteiger partial charge in [-0.15, -0.1) is 35.1 Å². The van der Waals surface area contributed by atoms with E-state index in [9.17, 15) is 0 Å². The maximum atomic E-state index is 5.55. The Bertz CT molecular complexity index is 367. The van der Waals surface area contributed by atoms with Crippen LogP contribution in [0.2, 0.25) is 0 Å². The SMILES string of the molecule is Cl.NCCc1sccc1-c1cccs1. The van der Waals surface area contributed by atoms with Gasteiger partial charge in [-0.1, -0.05) is 6.07 Å². The van der Waals surface area contributed by atoms with Crippen molar-refractivity contribution in [3.8, 4) is 10.4 Å². The van der Waals surface area contributed by atoms with Gasteiger partial charge in [0, 0.05) is 15.3 Å². The van der Waals surface area contributed by atoms with Crippen molar-refractivity contribution in [1.82, 2.24) is 0 Å². The fourth-order valence-electron chi connectivity index (χ4n) is 1.32. The van der Waals surface area contributed by atoms with Crippen LogP contribution in [0.25, 0.3) is 10.4 Å². The van der Waals surface area contributed by atoms with Crippen molar-refractivity contribution in [3.63, 3.8) is 0 Å². The van der Waals surface area contributed by atoms with Crippen molar-refractivity contribution in [1.29, 1.82) is 0 Å². The highest BCUT2D eigenvalue weighted by Gasteiger charge is 2.05. The molecule has 0 aliphatic carbocycles. The Morgan fingerprint density at radius 1 is 1.14 bits per heavy atom. The molecule has 0 atom stereocenters. The van der Waals surface area contributed by atoms with Gasteiger partial charge in [-0.05, 0) is 35.9 Å². The number of halogens is 1. The molecule has 0 aliphatic rings. The lowest BCUT2D eigenvalue weighted by Gasteiger charge is -1.98. The van der Waals surface area contributed by atoms with E-state index in [1.165, 1.54) is 15.3 Å². The van der Waals surface area contributed by atoms with Crippen LogP contribution in [0, 0.1) is 0 Å². The fraction of sp³-hybridized carbons (Fsp3) is 0.200. The van der Waals surface area contributed by atoms with Gasteiger partial charge in [-0.2, -0.15) is 0 Å². The minimum atomic E-state index is 0. The molecule has 0 amide bonds. The molecular weight excluding hydrogens is 234 g/mol. The minimum Gasteiger partial charge on any atom is -0.330 e. The quantitative estimate of drug-likeness (QED) is 0.881. The summed E-state index contributed by atoms with van der Waals surface area (Å²) in [4.78, 5) is 2.76. The minimum absolute atomic E-state index is 0. The number of hydrogen-bond acceptors (Lipinski definition) is 3. The summed E-state index contributed by atoms with van der Waals surface area (Å²) in [7, 11) is 0. The van der Waals surface area contributed by atoms with E-state index in [4.69, 9.17) is 5.73 Å². The molecule has 76 valence electrons. The smallest absolute Gasteiger partial charge is 0.0353 e. The van der Waals surface area contributed by atoms with E-state index in [0.717, 1.165) is 13.0 Å². The molecule has 2 rings (SSSR count). The molecular formula is C10H12ClNS2. The lowest BCUT2D eigenvalue weighted by molar-refractivity contribution is 0.990. The van der Waals surface area contributed by atoms with Crippen LogP contribution in [0.5, 0.6) is 0 Å². The molecule has 1 nitrogen and oxygen atoms in total. The van der Waals surface area contributed by atoms with Crippen LogP contribution in [0.1, 0.15) is 4.88 Å². The monoisotopic (exact) mass is 245 g/mol. The van der Waals surface area contributed by atoms with Crippen LogP contribution in [0.4, 0.5) is 0 Å². The van der Waals surface area contributed by atoms with E-state index in [1.807, 2.05) is 0 Å². The van der Waals surface area contributed by atoms with Crippen molar-refractivity contribution >= 4 is 35.1 Å². The normalized spacial score (nSPS) is 9.79. The summed E-state index contributed by atoms with van der Waals surface area (Å²) in [6.45, 7) is 0.735. The van der Waals surface area contributed by atoms with Gasteiger partial charge in [0.25, 0.3) is 0 Å². The summed E-state index contributed by atoms with van der Waals surface area (Å²) in [5.41, 5.74) is 6.92. The van der Waals surface area contributed by atoms with Gasteiger partial charge in [-0.3, -0.25) is 0 Å². The van der Waals surface area contributed by atoms with E-state index in [2.05, 4.69) is 29.0 Å². The predicted molar refractivity (Wildman–Crippen MR) is 67.6 cm³/mol. The average Bonchev–Trinajstić information content (AvgIpc) is 2.71. The molecule has 0 aliphatic heterocycles. The van der Waals surface area contributed by atoms with Gasteiger partial charge in [0.2, 0.25) is 0 Å². The van der Waals surface area contributed by atoms with Crippen LogP contribution in [-0.2, 0) is 6.42 Å². The highest BCUT2D eigenvalue weighted by Crippen LogP contribution is 2.31. The largest absolute Gasteiger partial charge is 0.330 e. The second kappa shape index (κ2) is 5.51. The van der Waals surface area contributed by atoms with Crippen molar-refractivity contribution in [2.24, 2.45) is 5.73 Å². The van der Waals surface area contributed by atoms with Crippen molar-refractivity contribution in [2.45, 2.75) is 6.42 Å². The first-order valence-electron chi connectivity index (χ1n) is 4.22. The molecule has 0 saturated heterocycles. The molecule has 2 aromatic rings. The van der Waals surface area contributed by atoms with Gasteiger partial charge < -0.3 is 5.73 Å². The van der Waals surface area contributed by atoms with Crippen LogP contribution < -0.4 is 5.73 Å². The molecule has 14 heavy (non-hydrogen) atoms. The Balaban J connectivity index is 0.000000980. The second-order valence-electron chi connectivity index (χ2n) is 2.77. The van der Waals surface area contributed by atoms with E-state index < -0.39 is 0 Å². The maximum absolute atomic E-state index is 5.55. The topological polar surface area (TPSA) is 26.0 Å². The van der Waals surface area contributed by atoms with Gasteiger partial charge in [0.15, 0.2) is 0 Å². The molecule has 0 radical (unpaired) electrons. The zero-order valence-corrected chi connectivity index (χ0v) is 10.1. The highest BCUT2D eigenvalue weighted by atomic mass is 35.5. The number of thiophene rings is 2. The Labute approximate surface area is 98.0 Å². The van der Waals surface area contributed by atoms with Crippen LogP contribution in [-0.4, -0.2) is 6.54 Å². The number of rotatable bonds is 3. The van der Waals surface area contributed by atoms with Crippen LogP contribution in [0.3, 0.4) is 0 Å². The van der Waals surface area contributed by atoms with Crippen molar-refractivity contribution in [2.75, 3.05) is 6.54 Å². The van der Waals surface area contributed by atoms with Crippen LogP contribution in [0.15, 0.2) is 29.0 Å². The Morgan fingerprint density at radius 2 is 2.00 bits per heavy atom. The summed E-state index contributed by atoms with van der Waals surface area (Å²) in [5, 5.41) is 4.25. The number of nitrogens with two attached hydrogens (primary N) is 1. The van der Waals surface area contributed by atoms with Crippen molar-refractivity contribution < 1.29 is 0 Å². The number of hydrogen-bond donors (Lipinski definition) is 1. The fourth-order valence-corrected chi connectivity index (χ4v) is 3.07. The maximum Gasteiger partial charge on any atom is 0.0353 e. The van der Waals surface area contributed by atoms with Gasteiger partial charge >= 0.3 is 0 Å². The molecule has 0 unspecified atom stereocenters. The summed E-state index contributed by atoms with van der Waals surface area (Å²) in [5.74, 6) is 0. The average molecular weight is 246 g/mol. The first kappa shape index (κ1) is 11.7. The summed E-state index contributed by atoms with van der Waals surface area (Å²) < 4.78 is 0. The lowest BCUT2D eigenvalue weighted by atomic mass is 10.2. The molecule has 0 saturated carbocycles. The zero-order valence-electron chi connectivity index (χ0n) is 7.60. The molecule has 0 aromatic carbocycles. The molecule has 0 bridgehead atoms. The summed E-state index contributed by atoms with van der Waals surface area (Å²) >= 11 is 3.59. The molecule has 2 aromatic heterocycles. The summed E-state index contributed by atoms with van der Waals surface area (Å²) in [6, 6.07) is 6.43. The Morgan fingerprint density at radius 3 is 2.64 bits per heavy atom. The zero-order chi connectivity index (χ0) is 9.10.